The van der Waals surface area contributed by atoms with Crippen molar-refractivity contribution in [3.63, 3.8) is 0 Å². The summed E-state index contributed by atoms with van der Waals surface area (Å²) in [6.07, 6.45) is 5.12. The van der Waals surface area contributed by atoms with Gasteiger partial charge in [0.15, 0.2) is 0 Å². The summed E-state index contributed by atoms with van der Waals surface area (Å²) in [5.74, 6) is 1.02. The molecule has 5 heterocycles. The van der Waals surface area contributed by atoms with Crippen LogP contribution in [0.2, 0.25) is 0 Å². The summed E-state index contributed by atoms with van der Waals surface area (Å²) in [6, 6.07) is 10.0. The number of nitrogens with zero attached hydrogens (tertiary/aromatic N) is 5. The van der Waals surface area contributed by atoms with Gasteiger partial charge in [-0.25, -0.2) is 14.4 Å². The molecule has 0 radical (unpaired) electrons. The van der Waals surface area contributed by atoms with Crippen LogP contribution >= 0.6 is 0 Å². The first-order chi connectivity index (χ1) is 18.2. The first kappa shape index (κ1) is 25.7. The zero-order chi connectivity index (χ0) is 26.8. The third-order valence-corrected chi connectivity index (χ3v) is 6.80. The Balaban J connectivity index is 1.36. The van der Waals surface area contributed by atoms with Crippen LogP contribution in [0.15, 0.2) is 55.0 Å². The quantitative estimate of drug-likeness (QED) is 0.385. The second kappa shape index (κ2) is 10.8. The summed E-state index contributed by atoms with van der Waals surface area (Å²) in [4.78, 5) is 32.7. The highest BCUT2D eigenvalue weighted by atomic mass is 19.1. The van der Waals surface area contributed by atoms with Gasteiger partial charge in [0, 0.05) is 49.2 Å². The van der Waals surface area contributed by atoms with Gasteiger partial charge in [0.1, 0.15) is 11.6 Å². The molecule has 0 unspecified atom stereocenters. The van der Waals surface area contributed by atoms with Crippen LogP contribution < -0.4 is 10.2 Å². The van der Waals surface area contributed by atoms with Crippen molar-refractivity contribution in [2.45, 2.75) is 39.8 Å². The molecule has 8 nitrogen and oxygen atoms in total. The van der Waals surface area contributed by atoms with Crippen molar-refractivity contribution in [2.24, 2.45) is 11.8 Å². The maximum Gasteiger partial charge on any atom is 0.253 e. The maximum absolute atomic E-state index is 14.7. The number of rotatable bonds is 6. The Kier molecular flexibility index (Phi) is 7.28. The minimum absolute atomic E-state index is 0.188. The topological polar surface area (TPSA) is 104 Å². The number of fused-ring (bicyclic) bond motifs is 1. The van der Waals surface area contributed by atoms with Gasteiger partial charge in [-0.1, -0.05) is 13.8 Å². The molecule has 0 saturated carbocycles. The summed E-state index contributed by atoms with van der Waals surface area (Å²) in [5.41, 5.74) is 3.27. The van der Waals surface area contributed by atoms with Gasteiger partial charge in [0.25, 0.3) is 5.91 Å². The predicted octanol–water partition coefficient (Wildman–Crippen LogP) is 4.69. The summed E-state index contributed by atoms with van der Waals surface area (Å²) < 4.78 is 14.7. The molecule has 0 bridgehead atoms. The van der Waals surface area contributed by atoms with E-state index in [9.17, 15) is 14.3 Å². The number of amides is 1. The van der Waals surface area contributed by atoms with E-state index in [1.807, 2.05) is 12.1 Å². The molecule has 4 aromatic heterocycles. The molecule has 9 heteroatoms. The largest absolute Gasteiger partial charge is 0.389 e. The van der Waals surface area contributed by atoms with Crippen molar-refractivity contribution in [3.05, 3.63) is 77.6 Å². The van der Waals surface area contributed by atoms with Crippen LogP contribution in [0.25, 0.3) is 22.3 Å². The Morgan fingerprint density at radius 3 is 2.63 bits per heavy atom. The molecule has 3 atom stereocenters. The van der Waals surface area contributed by atoms with Crippen molar-refractivity contribution < 1.29 is 14.3 Å². The Labute approximate surface area is 221 Å². The highest BCUT2D eigenvalue weighted by molar-refractivity contribution is 5.94. The number of aromatic nitrogens is 4. The monoisotopic (exact) mass is 514 g/mol. The fourth-order valence-electron chi connectivity index (χ4n) is 5.01. The van der Waals surface area contributed by atoms with Crippen LogP contribution in [0.3, 0.4) is 0 Å². The van der Waals surface area contributed by atoms with Gasteiger partial charge in [-0.2, -0.15) is 0 Å². The Morgan fingerprint density at radius 2 is 1.87 bits per heavy atom. The molecule has 5 rings (SSSR count). The van der Waals surface area contributed by atoms with Crippen LogP contribution in [0.4, 0.5) is 10.2 Å². The van der Waals surface area contributed by atoms with Gasteiger partial charge >= 0.3 is 0 Å². The van der Waals surface area contributed by atoms with Crippen LogP contribution in [-0.2, 0) is 6.54 Å². The molecule has 1 fully saturated rings. The first-order valence-corrected chi connectivity index (χ1v) is 12.8. The van der Waals surface area contributed by atoms with Gasteiger partial charge in [0.2, 0.25) is 0 Å². The molecule has 38 heavy (non-hydrogen) atoms. The van der Waals surface area contributed by atoms with E-state index in [0.717, 1.165) is 24.9 Å². The Morgan fingerprint density at radius 1 is 1.08 bits per heavy atom. The van der Waals surface area contributed by atoms with Crippen molar-refractivity contribution >= 4 is 22.6 Å². The number of pyridine rings is 4. The average molecular weight is 515 g/mol. The molecule has 2 N–H and O–H groups in total. The van der Waals surface area contributed by atoms with Gasteiger partial charge in [-0.05, 0) is 55.0 Å². The lowest BCUT2D eigenvalue weighted by atomic mass is 9.92. The highest BCUT2D eigenvalue weighted by Crippen LogP contribution is 2.28. The number of hydrogen-bond donors (Lipinski definition) is 2. The van der Waals surface area contributed by atoms with E-state index in [4.69, 9.17) is 9.97 Å². The van der Waals surface area contributed by atoms with Gasteiger partial charge in [-0.15, -0.1) is 0 Å². The third-order valence-electron chi connectivity index (χ3n) is 6.80. The molecule has 1 aliphatic rings. The number of anilines is 1. The molecule has 196 valence electrons. The van der Waals surface area contributed by atoms with Gasteiger partial charge in [0.05, 0.1) is 40.8 Å². The number of nitrogens with one attached hydrogen (secondary N) is 1. The number of aliphatic hydroxyl groups is 1. The fourth-order valence-corrected chi connectivity index (χ4v) is 5.01. The molecule has 1 saturated heterocycles. The normalized spacial score (nSPS) is 18.4. The summed E-state index contributed by atoms with van der Waals surface area (Å²) in [5, 5.41) is 13.4. The zero-order valence-electron chi connectivity index (χ0n) is 21.7. The van der Waals surface area contributed by atoms with Crippen LogP contribution in [0, 0.1) is 17.7 Å². The minimum atomic E-state index is -0.715. The van der Waals surface area contributed by atoms with E-state index in [-0.39, 0.29) is 18.3 Å². The smallest absolute Gasteiger partial charge is 0.253 e. The molecule has 0 aliphatic carbocycles. The van der Waals surface area contributed by atoms with Gasteiger partial charge in [-0.3, -0.25) is 14.8 Å². The number of halogens is 1. The number of hydrogen-bond acceptors (Lipinski definition) is 7. The summed E-state index contributed by atoms with van der Waals surface area (Å²) in [7, 11) is 0. The van der Waals surface area contributed by atoms with E-state index in [1.165, 1.54) is 24.5 Å². The Hall–Kier alpha value is -3.98. The maximum atomic E-state index is 14.7. The molecular formula is C29H31FN6O2. The molecule has 1 aliphatic heterocycles. The second-order valence-electron chi connectivity index (χ2n) is 10.3. The average Bonchev–Trinajstić information content (AvgIpc) is 2.90. The Bertz CT molecular complexity index is 1470. The number of carbonyl (C=O) groups is 1. The van der Waals surface area contributed by atoms with E-state index in [2.05, 4.69) is 34.0 Å². The lowest BCUT2D eigenvalue weighted by molar-refractivity contribution is 0.0949. The van der Waals surface area contributed by atoms with E-state index < -0.39 is 6.10 Å². The van der Waals surface area contributed by atoms with Crippen molar-refractivity contribution in [2.75, 3.05) is 18.0 Å². The number of piperidine rings is 1. The molecule has 0 aromatic carbocycles. The lowest BCUT2D eigenvalue weighted by Gasteiger charge is -2.36. The first-order valence-electron chi connectivity index (χ1n) is 12.8. The summed E-state index contributed by atoms with van der Waals surface area (Å²) >= 11 is 0. The third kappa shape index (κ3) is 5.78. The van der Waals surface area contributed by atoms with Crippen LogP contribution in [-0.4, -0.2) is 44.0 Å². The standard InChI is InChI=1S/C29H31FN6O2/c1-17-6-18(2)16-36(15-17)28-9-23(30)8-27(35-28)25-5-4-20-13-32-24(10-26(20)34-25)14-33-29(38)22-7-21(19(3)37)11-31-12-22/h4-5,7-13,17-19,37H,6,14-16H2,1-3H3,(H,33,38)/t17-,18+,19-/m1/s1. The molecule has 0 spiro atoms. The van der Waals surface area contributed by atoms with E-state index >= 15 is 0 Å². The molecule has 1 amide bonds. The van der Waals surface area contributed by atoms with E-state index in [1.54, 1.807) is 25.3 Å². The fraction of sp³-hybridized carbons (Fsp3) is 0.345. The zero-order valence-corrected chi connectivity index (χ0v) is 21.7. The van der Waals surface area contributed by atoms with E-state index in [0.29, 0.717) is 51.4 Å². The second-order valence-corrected chi connectivity index (χ2v) is 10.3. The minimum Gasteiger partial charge on any atom is -0.389 e. The lowest BCUT2D eigenvalue weighted by Crippen LogP contribution is -2.39. The van der Waals surface area contributed by atoms with Gasteiger partial charge < -0.3 is 15.3 Å². The van der Waals surface area contributed by atoms with Crippen molar-refractivity contribution in [1.82, 2.24) is 25.3 Å². The van der Waals surface area contributed by atoms with Crippen molar-refractivity contribution in [1.29, 1.82) is 0 Å². The molecular weight excluding hydrogens is 483 g/mol. The highest BCUT2D eigenvalue weighted by Gasteiger charge is 2.23. The SMILES string of the molecule is C[C@@H]1C[C@H](C)CN(c2cc(F)cc(-c3ccc4cnc(CNC(=O)c5cncc([C@@H](C)O)c5)cc4n3)n2)C1. The van der Waals surface area contributed by atoms with Crippen LogP contribution in [0.5, 0.6) is 0 Å². The number of carbonyl (C=O) groups excluding carboxylic acids is 1. The summed E-state index contributed by atoms with van der Waals surface area (Å²) in [6.45, 7) is 7.94. The van der Waals surface area contributed by atoms with Crippen molar-refractivity contribution in [3.8, 4) is 11.4 Å². The molecule has 4 aromatic rings. The van der Waals surface area contributed by atoms with Crippen LogP contribution in [0.1, 0.15) is 54.9 Å². The number of aliphatic hydroxyl groups excluding tert-OH is 1. The predicted molar refractivity (Wildman–Crippen MR) is 144 cm³/mol.